The number of hydrogen-bond donors (Lipinski definition) is 2. The lowest BCUT2D eigenvalue weighted by Gasteiger charge is -2.20. The maximum atomic E-state index is 14.4. The van der Waals surface area contributed by atoms with Gasteiger partial charge in [-0.05, 0) is 30.7 Å². The molecule has 3 rings (SSSR count). The Bertz CT molecular complexity index is 846. The summed E-state index contributed by atoms with van der Waals surface area (Å²) in [5, 5.41) is 11.1. The number of imide groups is 1. The summed E-state index contributed by atoms with van der Waals surface area (Å²) in [4.78, 5) is 36.7. The van der Waals surface area contributed by atoms with Crippen LogP contribution in [0.1, 0.15) is 44.8 Å². The number of fused-ring (bicyclic) bond motifs is 1. The van der Waals surface area contributed by atoms with Gasteiger partial charge in [-0.1, -0.05) is 24.3 Å². The maximum absolute atomic E-state index is 14.4. The van der Waals surface area contributed by atoms with E-state index in [1.54, 1.807) is 37.3 Å². The molecule has 0 aliphatic carbocycles. The van der Waals surface area contributed by atoms with Gasteiger partial charge in [0, 0.05) is 5.56 Å². The van der Waals surface area contributed by atoms with Crippen LogP contribution in [-0.4, -0.2) is 27.9 Å². The molecule has 0 saturated carbocycles. The first-order valence-corrected chi connectivity index (χ1v) is 7.62. The molecule has 3 amide bonds. The van der Waals surface area contributed by atoms with Crippen LogP contribution < -0.4 is 5.32 Å². The molecule has 0 bridgehead atoms. The van der Waals surface area contributed by atoms with Gasteiger partial charge in [-0.15, -0.1) is 0 Å². The SMILES string of the molecule is CC(NC(=O)O)c1cccc(F)c1CN1C(=O)c2ccccc2C1=O. The standard InChI is InChI=1S/C18H15FN2O4/c1-10(20-18(24)25)11-7-4-8-15(19)14(11)9-21-16(22)12-5-2-3-6-13(12)17(21)23/h2-8,10,20H,9H2,1H3,(H,24,25). The number of carboxylic acid groups (broad SMARTS) is 1. The normalized spacial score (nSPS) is 14.4. The molecule has 128 valence electrons. The van der Waals surface area contributed by atoms with Crippen LogP contribution in [0.2, 0.25) is 0 Å². The van der Waals surface area contributed by atoms with E-state index in [1.807, 2.05) is 0 Å². The van der Waals surface area contributed by atoms with Gasteiger partial charge in [0.2, 0.25) is 0 Å². The number of nitrogens with one attached hydrogen (secondary N) is 1. The van der Waals surface area contributed by atoms with Crippen molar-refractivity contribution >= 4 is 17.9 Å². The lowest BCUT2D eigenvalue weighted by molar-refractivity contribution is 0.0640. The first-order chi connectivity index (χ1) is 11.9. The molecule has 2 aromatic carbocycles. The third-order valence-corrected chi connectivity index (χ3v) is 4.16. The summed E-state index contributed by atoms with van der Waals surface area (Å²) in [6.07, 6.45) is -1.25. The number of halogens is 1. The maximum Gasteiger partial charge on any atom is 0.405 e. The molecular formula is C18H15FN2O4. The molecule has 2 N–H and O–H groups in total. The summed E-state index contributed by atoms with van der Waals surface area (Å²) in [7, 11) is 0. The second-order valence-electron chi connectivity index (χ2n) is 5.72. The van der Waals surface area contributed by atoms with Gasteiger partial charge >= 0.3 is 6.09 Å². The highest BCUT2D eigenvalue weighted by molar-refractivity contribution is 6.21. The van der Waals surface area contributed by atoms with Crippen LogP contribution in [0, 0.1) is 5.82 Å². The molecule has 1 unspecified atom stereocenters. The molecule has 0 fully saturated rings. The summed E-state index contributed by atoms with van der Waals surface area (Å²) in [5.41, 5.74) is 1.04. The van der Waals surface area contributed by atoms with Crippen molar-refractivity contribution in [3.63, 3.8) is 0 Å². The summed E-state index contributed by atoms with van der Waals surface area (Å²) in [6, 6.07) is 9.94. The molecule has 0 saturated heterocycles. The monoisotopic (exact) mass is 342 g/mol. The van der Waals surface area contributed by atoms with Crippen molar-refractivity contribution in [2.75, 3.05) is 0 Å². The fourth-order valence-electron chi connectivity index (χ4n) is 2.95. The highest BCUT2D eigenvalue weighted by atomic mass is 19.1. The van der Waals surface area contributed by atoms with Gasteiger partial charge in [0.15, 0.2) is 0 Å². The molecule has 6 nitrogen and oxygen atoms in total. The summed E-state index contributed by atoms with van der Waals surface area (Å²) in [5.74, 6) is -1.59. The number of hydrogen-bond acceptors (Lipinski definition) is 3. The number of rotatable bonds is 4. The third kappa shape index (κ3) is 2.96. The number of benzene rings is 2. The van der Waals surface area contributed by atoms with E-state index in [4.69, 9.17) is 5.11 Å². The van der Waals surface area contributed by atoms with Gasteiger partial charge in [-0.3, -0.25) is 14.5 Å². The van der Waals surface area contributed by atoms with E-state index in [0.717, 1.165) is 4.90 Å². The summed E-state index contributed by atoms with van der Waals surface area (Å²) in [6.45, 7) is 1.30. The average molecular weight is 342 g/mol. The Morgan fingerprint density at radius 1 is 1.12 bits per heavy atom. The highest BCUT2D eigenvalue weighted by Crippen LogP contribution is 2.28. The predicted octanol–water partition coefficient (Wildman–Crippen LogP) is 2.95. The second kappa shape index (κ2) is 6.35. The van der Waals surface area contributed by atoms with Crippen LogP contribution in [0.5, 0.6) is 0 Å². The van der Waals surface area contributed by atoms with E-state index in [9.17, 15) is 18.8 Å². The van der Waals surface area contributed by atoms with Crippen LogP contribution in [0.4, 0.5) is 9.18 Å². The molecule has 7 heteroatoms. The molecule has 25 heavy (non-hydrogen) atoms. The van der Waals surface area contributed by atoms with Crippen LogP contribution >= 0.6 is 0 Å². The van der Waals surface area contributed by atoms with E-state index < -0.39 is 29.8 Å². The third-order valence-electron chi connectivity index (χ3n) is 4.16. The Morgan fingerprint density at radius 2 is 1.72 bits per heavy atom. The fraction of sp³-hybridized carbons (Fsp3) is 0.167. The lowest BCUT2D eigenvalue weighted by atomic mass is 10.0. The fourth-order valence-corrected chi connectivity index (χ4v) is 2.95. The van der Waals surface area contributed by atoms with Gasteiger partial charge in [0.05, 0.1) is 23.7 Å². The van der Waals surface area contributed by atoms with Crippen molar-refractivity contribution < 1.29 is 23.9 Å². The molecule has 2 aromatic rings. The minimum atomic E-state index is -1.25. The number of carbonyl (C=O) groups excluding carboxylic acids is 2. The van der Waals surface area contributed by atoms with E-state index in [0.29, 0.717) is 5.56 Å². The van der Waals surface area contributed by atoms with Crippen molar-refractivity contribution in [3.05, 3.63) is 70.5 Å². The van der Waals surface area contributed by atoms with Crippen LogP contribution in [0.15, 0.2) is 42.5 Å². The van der Waals surface area contributed by atoms with Crippen molar-refractivity contribution in [3.8, 4) is 0 Å². The van der Waals surface area contributed by atoms with Crippen LogP contribution in [0.3, 0.4) is 0 Å². The quantitative estimate of drug-likeness (QED) is 0.837. The van der Waals surface area contributed by atoms with E-state index in [2.05, 4.69) is 5.32 Å². The summed E-state index contributed by atoms with van der Waals surface area (Å²) >= 11 is 0. The molecule has 0 aromatic heterocycles. The van der Waals surface area contributed by atoms with Crippen molar-refractivity contribution in [2.45, 2.75) is 19.5 Å². The Hall–Kier alpha value is -3.22. The zero-order valence-electron chi connectivity index (χ0n) is 13.3. The Balaban J connectivity index is 1.95. The van der Waals surface area contributed by atoms with Gasteiger partial charge < -0.3 is 10.4 Å². The topological polar surface area (TPSA) is 86.7 Å². The minimum Gasteiger partial charge on any atom is -0.465 e. The second-order valence-corrected chi connectivity index (χ2v) is 5.72. The number of carbonyl (C=O) groups is 3. The zero-order valence-corrected chi connectivity index (χ0v) is 13.3. The summed E-state index contributed by atoms with van der Waals surface area (Å²) < 4.78 is 14.4. The predicted molar refractivity (Wildman–Crippen MR) is 86.6 cm³/mol. The zero-order chi connectivity index (χ0) is 18.1. The van der Waals surface area contributed by atoms with Gasteiger partial charge in [-0.25, -0.2) is 9.18 Å². The molecule has 1 aliphatic rings. The first-order valence-electron chi connectivity index (χ1n) is 7.62. The lowest BCUT2D eigenvalue weighted by Crippen LogP contribution is -2.31. The van der Waals surface area contributed by atoms with Gasteiger partial charge in [0.1, 0.15) is 5.82 Å². The van der Waals surface area contributed by atoms with E-state index in [-0.39, 0.29) is 23.2 Å². The molecule has 1 aliphatic heterocycles. The Kier molecular flexibility index (Phi) is 4.22. The van der Waals surface area contributed by atoms with Crippen molar-refractivity contribution in [2.24, 2.45) is 0 Å². The first kappa shape index (κ1) is 16.6. The Labute approximate surface area is 142 Å². The van der Waals surface area contributed by atoms with Crippen LogP contribution in [0.25, 0.3) is 0 Å². The number of amides is 3. The van der Waals surface area contributed by atoms with Crippen molar-refractivity contribution in [1.29, 1.82) is 0 Å². The van der Waals surface area contributed by atoms with Crippen molar-refractivity contribution in [1.82, 2.24) is 10.2 Å². The highest BCUT2D eigenvalue weighted by Gasteiger charge is 2.36. The molecule has 0 spiro atoms. The van der Waals surface area contributed by atoms with E-state index >= 15 is 0 Å². The average Bonchev–Trinajstić information content (AvgIpc) is 2.81. The van der Waals surface area contributed by atoms with Gasteiger partial charge in [-0.2, -0.15) is 0 Å². The molecule has 0 radical (unpaired) electrons. The molecular weight excluding hydrogens is 327 g/mol. The van der Waals surface area contributed by atoms with E-state index in [1.165, 1.54) is 12.1 Å². The number of nitrogens with zero attached hydrogens (tertiary/aromatic N) is 1. The van der Waals surface area contributed by atoms with Gasteiger partial charge in [0.25, 0.3) is 11.8 Å². The molecule has 1 heterocycles. The van der Waals surface area contributed by atoms with Crippen LogP contribution in [-0.2, 0) is 6.54 Å². The largest absolute Gasteiger partial charge is 0.465 e. The molecule has 1 atom stereocenters. The minimum absolute atomic E-state index is 0.109. The Morgan fingerprint density at radius 3 is 2.28 bits per heavy atom. The smallest absolute Gasteiger partial charge is 0.405 e.